The molecule has 4 bridgehead atoms. The minimum atomic E-state index is -0.981. The Morgan fingerprint density at radius 3 is 2.35 bits per heavy atom. The second-order valence-electron chi connectivity index (χ2n) is 10.1. The average Bonchev–Trinajstić information content (AvgIpc) is 2.81. The van der Waals surface area contributed by atoms with Crippen LogP contribution in [0.2, 0.25) is 0 Å². The summed E-state index contributed by atoms with van der Waals surface area (Å²) in [4.78, 5) is 11.5. The Morgan fingerprint density at radius 1 is 1.06 bits per heavy atom. The second-order valence-corrected chi connectivity index (χ2v) is 10.1. The van der Waals surface area contributed by atoms with Gasteiger partial charge in [-0.05, 0) is 92.9 Å². The van der Waals surface area contributed by atoms with E-state index in [2.05, 4.69) is 17.9 Å². The van der Waals surface area contributed by atoms with Crippen LogP contribution in [0, 0.1) is 29.6 Å². The van der Waals surface area contributed by atoms with Crippen molar-refractivity contribution in [2.24, 2.45) is 17.8 Å². The molecular weight excluding hydrogens is 428 g/mol. The van der Waals surface area contributed by atoms with Gasteiger partial charge in [-0.2, -0.15) is 0 Å². The van der Waals surface area contributed by atoms with E-state index < -0.39 is 12.4 Å². The fourth-order valence-electron chi connectivity index (χ4n) is 6.88. The number of benzene rings is 2. The zero-order chi connectivity index (χ0) is 23.7. The monoisotopic (exact) mass is 460 g/mol. The van der Waals surface area contributed by atoms with Crippen LogP contribution in [0.4, 0.5) is 0 Å². The van der Waals surface area contributed by atoms with Crippen molar-refractivity contribution in [1.82, 2.24) is 0 Å². The molecule has 5 heteroatoms. The van der Waals surface area contributed by atoms with E-state index >= 15 is 0 Å². The number of hydrogen-bond donors (Lipinski definition) is 1. The zero-order valence-electron chi connectivity index (χ0n) is 19.9. The lowest BCUT2D eigenvalue weighted by atomic mass is 9.48. The summed E-state index contributed by atoms with van der Waals surface area (Å²) < 4.78 is 17.3. The number of hydrogen-bond acceptors (Lipinski definition) is 4. The minimum absolute atomic E-state index is 0.149. The summed E-state index contributed by atoms with van der Waals surface area (Å²) in [5.41, 5.74) is 2.86. The maximum atomic E-state index is 11.5. The third-order valence-corrected chi connectivity index (χ3v) is 7.81. The van der Waals surface area contributed by atoms with E-state index in [1.54, 1.807) is 31.4 Å². The molecule has 0 amide bonds. The van der Waals surface area contributed by atoms with Crippen LogP contribution in [-0.4, -0.2) is 31.3 Å². The molecule has 0 radical (unpaired) electrons. The van der Waals surface area contributed by atoms with Gasteiger partial charge in [-0.25, -0.2) is 4.79 Å². The molecule has 0 aliphatic heterocycles. The Morgan fingerprint density at radius 2 is 1.74 bits per heavy atom. The molecule has 1 atom stereocenters. The van der Waals surface area contributed by atoms with Crippen molar-refractivity contribution >= 4 is 5.97 Å². The van der Waals surface area contributed by atoms with Crippen molar-refractivity contribution in [3.63, 3.8) is 0 Å². The first-order valence-corrected chi connectivity index (χ1v) is 12.3. The first-order chi connectivity index (χ1) is 16.5. The maximum Gasteiger partial charge on any atom is 0.336 e. The Bertz CT molecular complexity index is 1090. The van der Waals surface area contributed by atoms with Gasteiger partial charge in [0.1, 0.15) is 5.75 Å². The molecule has 2 aromatic carbocycles. The lowest BCUT2D eigenvalue weighted by Crippen LogP contribution is -2.48. The van der Waals surface area contributed by atoms with Crippen molar-refractivity contribution in [3.8, 4) is 17.6 Å². The summed E-state index contributed by atoms with van der Waals surface area (Å²) >= 11 is 0. The highest BCUT2D eigenvalue weighted by atomic mass is 16.8. The van der Waals surface area contributed by atoms with Gasteiger partial charge in [0.05, 0.1) is 12.2 Å². The van der Waals surface area contributed by atoms with E-state index in [0.717, 1.165) is 29.1 Å². The highest BCUT2D eigenvalue weighted by Crippen LogP contribution is 2.62. The molecule has 1 unspecified atom stereocenters. The molecule has 4 aliphatic carbocycles. The Balaban J connectivity index is 1.52. The number of aromatic carboxylic acids is 1. The standard InChI is InChI=1S/C29H32O5/c1-3-33-28(32-2)34-26-15-19(8-10-23-6-4-5-7-24(23)27(30)31)9-11-25(26)29-16-20-12-21(17-29)14-22(13-20)18-29/h4-7,9,11,15,20-22,28H,3,12-14,16-18H2,1-2H3,(H,30,31). The van der Waals surface area contributed by atoms with Gasteiger partial charge < -0.3 is 19.3 Å². The zero-order valence-corrected chi connectivity index (χ0v) is 19.9. The summed E-state index contributed by atoms with van der Waals surface area (Å²) in [7, 11) is 1.58. The highest BCUT2D eigenvalue weighted by Gasteiger charge is 2.52. The first kappa shape index (κ1) is 23.0. The van der Waals surface area contributed by atoms with E-state index in [4.69, 9.17) is 14.2 Å². The minimum Gasteiger partial charge on any atom is -0.478 e. The van der Waals surface area contributed by atoms with Crippen LogP contribution in [0.5, 0.6) is 5.75 Å². The molecule has 0 aromatic heterocycles. The molecule has 2 aromatic rings. The molecule has 0 saturated heterocycles. The third-order valence-electron chi connectivity index (χ3n) is 7.81. The van der Waals surface area contributed by atoms with E-state index in [-0.39, 0.29) is 11.0 Å². The van der Waals surface area contributed by atoms with Gasteiger partial charge in [-0.1, -0.05) is 30.0 Å². The number of carbonyl (C=O) groups is 1. The first-order valence-electron chi connectivity index (χ1n) is 12.3. The van der Waals surface area contributed by atoms with Crippen LogP contribution < -0.4 is 4.74 Å². The van der Waals surface area contributed by atoms with Crippen LogP contribution in [0.1, 0.15) is 72.5 Å². The maximum absolute atomic E-state index is 11.5. The second kappa shape index (κ2) is 9.44. The molecule has 4 aliphatic rings. The predicted octanol–water partition coefficient (Wildman–Crippen LogP) is 5.60. The average molecular weight is 461 g/mol. The van der Waals surface area contributed by atoms with E-state index in [0.29, 0.717) is 12.2 Å². The molecule has 5 nitrogen and oxygen atoms in total. The van der Waals surface area contributed by atoms with Gasteiger partial charge >= 0.3 is 12.4 Å². The largest absolute Gasteiger partial charge is 0.478 e. The molecule has 34 heavy (non-hydrogen) atoms. The lowest BCUT2D eigenvalue weighted by Gasteiger charge is -2.57. The summed E-state index contributed by atoms with van der Waals surface area (Å²) in [5.74, 6) is 8.41. The van der Waals surface area contributed by atoms with Crippen molar-refractivity contribution in [3.05, 3.63) is 64.7 Å². The molecule has 178 valence electrons. The normalized spacial score (nSPS) is 27.6. The SMILES string of the molecule is CCOC(OC)Oc1cc(C#Cc2ccccc2C(=O)O)ccc1C12CC3CC(CC(C3)C1)C2. The number of rotatable bonds is 7. The number of ether oxygens (including phenoxy) is 3. The molecule has 4 saturated carbocycles. The lowest BCUT2D eigenvalue weighted by molar-refractivity contribution is -0.231. The molecule has 1 N–H and O–H groups in total. The van der Waals surface area contributed by atoms with Crippen LogP contribution >= 0.6 is 0 Å². The summed E-state index contributed by atoms with van der Waals surface area (Å²) in [5, 5.41) is 9.46. The summed E-state index contributed by atoms with van der Waals surface area (Å²) in [6.07, 6.45) is 7.79. The van der Waals surface area contributed by atoms with E-state index in [1.165, 1.54) is 44.1 Å². The quantitative estimate of drug-likeness (QED) is 0.431. The van der Waals surface area contributed by atoms with Crippen molar-refractivity contribution < 1.29 is 24.1 Å². The number of methoxy groups -OCH3 is 1. The molecule has 0 heterocycles. The Kier molecular flexibility index (Phi) is 6.38. The fourth-order valence-corrected chi connectivity index (χ4v) is 6.88. The van der Waals surface area contributed by atoms with Gasteiger partial charge in [-0.3, -0.25) is 0 Å². The Hall–Kier alpha value is -2.81. The van der Waals surface area contributed by atoms with Gasteiger partial charge in [0.15, 0.2) is 0 Å². The number of carboxylic acids is 1. The third kappa shape index (κ3) is 4.45. The summed E-state index contributed by atoms with van der Waals surface area (Å²) in [6, 6.07) is 13.0. The van der Waals surface area contributed by atoms with Gasteiger partial charge in [0, 0.05) is 23.8 Å². The van der Waals surface area contributed by atoms with Gasteiger partial charge in [0.25, 0.3) is 0 Å². The molecule has 0 spiro atoms. The topological polar surface area (TPSA) is 65.0 Å². The Labute approximate surface area is 201 Å². The van der Waals surface area contributed by atoms with E-state index in [1.807, 2.05) is 19.1 Å². The van der Waals surface area contributed by atoms with Crippen molar-refractivity contribution in [2.45, 2.75) is 57.3 Å². The van der Waals surface area contributed by atoms with Crippen LogP contribution in [0.25, 0.3) is 0 Å². The highest BCUT2D eigenvalue weighted by molar-refractivity contribution is 5.90. The fraction of sp³-hybridized carbons (Fsp3) is 0.483. The van der Waals surface area contributed by atoms with Crippen LogP contribution in [0.15, 0.2) is 42.5 Å². The summed E-state index contributed by atoms with van der Waals surface area (Å²) in [6.45, 7) is 1.61. The van der Waals surface area contributed by atoms with E-state index in [9.17, 15) is 9.90 Å². The van der Waals surface area contributed by atoms with Gasteiger partial charge in [-0.15, -0.1) is 0 Å². The predicted molar refractivity (Wildman–Crippen MR) is 129 cm³/mol. The number of carboxylic acid groups (broad SMARTS) is 1. The molecular formula is C29H32O5. The van der Waals surface area contributed by atoms with Crippen molar-refractivity contribution in [2.75, 3.05) is 13.7 Å². The molecule has 4 fully saturated rings. The van der Waals surface area contributed by atoms with Crippen molar-refractivity contribution in [1.29, 1.82) is 0 Å². The van der Waals surface area contributed by atoms with Gasteiger partial charge in [0.2, 0.25) is 0 Å². The van der Waals surface area contributed by atoms with Crippen LogP contribution in [-0.2, 0) is 14.9 Å². The molecule has 6 rings (SSSR count). The van der Waals surface area contributed by atoms with Crippen LogP contribution in [0.3, 0.4) is 0 Å². The smallest absolute Gasteiger partial charge is 0.336 e.